The van der Waals surface area contributed by atoms with Crippen LogP contribution in [0, 0.1) is 0 Å². The molecule has 0 bridgehead atoms. The number of carbonyl (C=O) groups is 2. The zero-order valence-electron chi connectivity index (χ0n) is 14.2. The Hall–Kier alpha value is -3.54. The molecule has 0 aliphatic heterocycles. The standard InChI is InChI=1S/C21H16F2N2O2/c22-21(23,17-12-6-2-7-13-17)24-20(27)25(18-14-8-3-9-15-18)19(26)16-10-4-1-5-11-16/h1-15H,(H,24,27). The van der Waals surface area contributed by atoms with Crippen LogP contribution in [0.2, 0.25) is 0 Å². The first-order valence-electron chi connectivity index (χ1n) is 8.19. The number of para-hydroxylation sites is 1. The lowest BCUT2D eigenvalue weighted by Gasteiger charge is -2.25. The van der Waals surface area contributed by atoms with Gasteiger partial charge in [-0.2, -0.15) is 8.78 Å². The lowest BCUT2D eigenvalue weighted by molar-refractivity contribution is -0.0270. The van der Waals surface area contributed by atoms with Gasteiger partial charge in [0.2, 0.25) is 0 Å². The van der Waals surface area contributed by atoms with E-state index in [2.05, 4.69) is 0 Å². The van der Waals surface area contributed by atoms with Crippen LogP contribution in [0.15, 0.2) is 91.0 Å². The molecular weight excluding hydrogens is 350 g/mol. The van der Waals surface area contributed by atoms with E-state index in [0.29, 0.717) is 4.90 Å². The summed E-state index contributed by atoms with van der Waals surface area (Å²) in [6.07, 6.45) is 0. The monoisotopic (exact) mass is 366 g/mol. The van der Waals surface area contributed by atoms with Gasteiger partial charge in [-0.25, -0.2) is 9.69 Å². The lowest BCUT2D eigenvalue weighted by Crippen LogP contribution is -2.49. The van der Waals surface area contributed by atoms with Gasteiger partial charge in [0.05, 0.1) is 5.69 Å². The van der Waals surface area contributed by atoms with Crippen LogP contribution < -0.4 is 10.2 Å². The van der Waals surface area contributed by atoms with E-state index in [4.69, 9.17) is 0 Å². The second-order valence-corrected chi connectivity index (χ2v) is 5.71. The number of carbonyl (C=O) groups excluding carboxylic acids is 2. The van der Waals surface area contributed by atoms with Crippen molar-refractivity contribution >= 4 is 17.6 Å². The van der Waals surface area contributed by atoms with Crippen LogP contribution in [0.1, 0.15) is 15.9 Å². The van der Waals surface area contributed by atoms with Gasteiger partial charge in [-0.1, -0.05) is 66.7 Å². The molecule has 0 aromatic heterocycles. The maximum Gasteiger partial charge on any atom is 0.353 e. The van der Waals surface area contributed by atoms with Crippen molar-refractivity contribution in [1.29, 1.82) is 0 Å². The summed E-state index contributed by atoms with van der Waals surface area (Å²) in [4.78, 5) is 26.2. The van der Waals surface area contributed by atoms with Gasteiger partial charge in [-0.3, -0.25) is 10.1 Å². The molecule has 3 aromatic rings. The summed E-state index contributed by atoms with van der Waals surface area (Å²) < 4.78 is 29.0. The van der Waals surface area contributed by atoms with Crippen molar-refractivity contribution in [2.75, 3.05) is 4.90 Å². The van der Waals surface area contributed by atoms with Crippen LogP contribution in [0.4, 0.5) is 19.3 Å². The molecule has 27 heavy (non-hydrogen) atoms. The summed E-state index contributed by atoms with van der Waals surface area (Å²) in [5.74, 6) is -0.705. The average molecular weight is 366 g/mol. The first-order valence-corrected chi connectivity index (χ1v) is 8.19. The Morgan fingerprint density at radius 1 is 0.741 bits per heavy atom. The van der Waals surface area contributed by atoms with Crippen LogP contribution in [-0.2, 0) is 6.05 Å². The molecule has 0 atom stereocenters. The van der Waals surface area contributed by atoms with E-state index < -0.39 is 18.0 Å². The van der Waals surface area contributed by atoms with Gasteiger partial charge < -0.3 is 0 Å². The van der Waals surface area contributed by atoms with E-state index in [9.17, 15) is 18.4 Å². The highest BCUT2D eigenvalue weighted by molar-refractivity contribution is 6.20. The molecule has 136 valence electrons. The quantitative estimate of drug-likeness (QED) is 0.675. The predicted molar refractivity (Wildman–Crippen MR) is 98.6 cm³/mol. The highest BCUT2D eigenvalue weighted by Gasteiger charge is 2.37. The number of hydrogen-bond donors (Lipinski definition) is 1. The number of urea groups is 1. The van der Waals surface area contributed by atoms with E-state index in [0.717, 1.165) is 0 Å². The molecule has 6 heteroatoms. The summed E-state index contributed by atoms with van der Waals surface area (Å²) in [5, 5.41) is 1.65. The third-order valence-corrected chi connectivity index (χ3v) is 3.84. The number of nitrogens with zero attached hydrogens (tertiary/aromatic N) is 1. The van der Waals surface area contributed by atoms with E-state index in [-0.39, 0.29) is 16.8 Å². The molecule has 0 radical (unpaired) electrons. The van der Waals surface area contributed by atoms with Crippen molar-refractivity contribution in [2.45, 2.75) is 6.05 Å². The zero-order chi connectivity index (χ0) is 19.3. The fraction of sp³-hybridized carbons (Fsp3) is 0.0476. The Morgan fingerprint density at radius 3 is 1.78 bits per heavy atom. The van der Waals surface area contributed by atoms with Crippen molar-refractivity contribution in [3.05, 3.63) is 102 Å². The molecule has 3 rings (SSSR count). The van der Waals surface area contributed by atoms with Gasteiger partial charge in [0.15, 0.2) is 0 Å². The highest BCUT2D eigenvalue weighted by Crippen LogP contribution is 2.26. The number of nitrogens with one attached hydrogen (secondary N) is 1. The number of benzene rings is 3. The minimum absolute atomic E-state index is 0.188. The molecule has 0 aliphatic carbocycles. The first-order chi connectivity index (χ1) is 13.0. The highest BCUT2D eigenvalue weighted by atomic mass is 19.3. The van der Waals surface area contributed by atoms with Gasteiger partial charge >= 0.3 is 12.1 Å². The average Bonchev–Trinajstić information content (AvgIpc) is 2.70. The molecule has 0 fully saturated rings. The molecule has 0 aliphatic rings. The van der Waals surface area contributed by atoms with Gasteiger partial charge in [0.25, 0.3) is 5.91 Å². The number of anilines is 1. The molecule has 0 saturated carbocycles. The van der Waals surface area contributed by atoms with Crippen LogP contribution in [0.3, 0.4) is 0 Å². The number of alkyl halides is 2. The molecule has 0 saturated heterocycles. The van der Waals surface area contributed by atoms with Gasteiger partial charge in [0.1, 0.15) is 0 Å². The van der Waals surface area contributed by atoms with Crippen molar-refractivity contribution in [1.82, 2.24) is 5.32 Å². The Morgan fingerprint density at radius 2 is 1.22 bits per heavy atom. The molecule has 0 unspecified atom stereocenters. The van der Waals surface area contributed by atoms with Crippen LogP contribution in [0.5, 0.6) is 0 Å². The summed E-state index contributed by atoms with van der Waals surface area (Å²) in [7, 11) is 0. The van der Waals surface area contributed by atoms with Gasteiger partial charge in [0, 0.05) is 11.1 Å². The normalized spacial score (nSPS) is 10.9. The molecule has 0 spiro atoms. The second-order valence-electron chi connectivity index (χ2n) is 5.71. The van der Waals surface area contributed by atoms with Gasteiger partial charge in [-0.15, -0.1) is 0 Å². The number of rotatable bonds is 4. The van der Waals surface area contributed by atoms with Crippen LogP contribution in [-0.4, -0.2) is 11.9 Å². The molecule has 3 aromatic carbocycles. The largest absolute Gasteiger partial charge is 0.353 e. The van der Waals surface area contributed by atoms with Crippen molar-refractivity contribution < 1.29 is 18.4 Å². The third kappa shape index (κ3) is 4.17. The van der Waals surface area contributed by atoms with Crippen molar-refractivity contribution in [2.24, 2.45) is 0 Å². The summed E-state index contributed by atoms with van der Waals surface area (Å²) in [5.41, 5.74) is 0.0192. The zero-order valence-corrected chi connectivity index (χ0v) is 14.2. The number of amides is 3. The summed E-state index contributed by atoms with van der Waals surface area (Å²) in [6, 6.07) is 18.0. The van der Waals surface area contributed by atoms with Crippen LogP contribution >= 0.6 is 0 Å². The lowest BCUT2D eigenvalue weighted by atomic mass is 10.1. The number of halogens is 2. The smallest absolute Gasteiger partial charge is 0.274 e. The van der Waals surface area contributed by atoms with E-state index in [1.165, 1.54) is 48.5 Å². The van der Waals surface area contributed by atoms with Crippen molar-refractivity contribution in [3.63, 3.8) is 0 Å². The minimum Gasteiger partial charge on any atom is -0.274 e. The predicted octanol–water partition coefficient (Wildman–Crippen LogP) is 4.79. The number of hydrogen-bond acceptors (Lipinski definition) is 2. The second kappa shape index (κ2) is 7.78. The molecule has 1 N–H and O–H groups in total. The minimum atomic E-state index is -3.64. The summed E-state index contributed by atoms with van der Waals surface area (Å²) >= 11 is 0. The maximum atomic E-state index is 14.5. The molecular formula is C21H16F2N2O2. The summed E-state index contributed by atoms with van der Waals surface area (Å²) in [6.45, 7) is 0. The SMILES string of the molecule is O=C(NC(F)(F)c1ccccc1)N(C(=O)c1ccccc1)c1ccccc1. The van der Waals surface area contributed by atoms with E-state index in [1.54, 1.807) is 47.8 Å². The molecule has 4 nitrogen and oxygen atoms in total. The van der Waals surface area contributed by atoms with Crippen molar-refractivity contribution in [3.8, 4) is 0 Å². The topological polar surface area (TPSA) is 49.4 Å². The Bertz CT molecular complexity index is 917. The fourth-order valence-electron chi connectivity index (χ4n) is 2.52. The molecule has 3 amide bonds. The first kappa shape index (κ1) is 18.3. The Balaban J connectivity index is 1.93. The molecule has 0 heterocycles. The fourth-order valence-corrected chi connectivity index (χ4v) is 2.52. The van der Waals surface area contributed by atoms with E-state index >= 15 is 0 Å². The Kier molecular flexibility index (Phi) is 5.26. The number of imide groups is 1. The third-order valence-electron chi connectivity index (χ3n) is 3.84. The maximum absolute atomic E-state index is 14.5. The van der Waals surface area contributed by atoms with Gasteiger partial charge in [-0.05, 0) is 24.3 Å². The van der Waals surface area contributed by atoms with Crippen LogP contribution in [0.25, 0.3) is 0 Å². The Labute approximate surface area is 155 Å². The van der Waals surface area contributed by atoms with E-state index in [1.807, 2.05) is 0 Å².